The number of benzene rings is 1. The highest BCUT2D eigenvalue weighted by Gasteiger charge is 2.27. The van der Waals surface area contributed by atoms with Crippen molar-refractivity contribution in [2.75, 3.05) is 38.1 Å². The van der Waals surface area contributed by atoms with Gasteiger partial charge in [0.15, 0.2) is 0 Å². The minimum absolute atomic E-state index is 0. The number of carbonyl (C=O) groups excluding carboxylic acids is 2. The summed E-state index contributed by atoms with van der Waals surface area (Å²) in [6, 6.07) is 4.82. The van der Waals surface area contributed by atoms with E-state index in [2.05, 4.69) is 10.6 Å². The molecule has 0 aliphatic carbocycles. The first kappa shape index (κ1) is 22.0. The quantitative estimate of drug-likeness (QED) is 0.756. The molecule has 1 fully saturated rings. The van der Waals surface area contributed by atoms with Gasteiger partial charge in [-0.1, -0.05) is 30.1 Å². The molecule has 1 saturated heterocycles. The fraction of sp³-hybridized carbons (Fsp3) is 0.500. The van der Waals surface area contributed by atoms with E-state index in [1.54, 1.807) is 18.2 Å². The molecule has 0 aromatic heterocycles. The largest absolute Gasteiger partial charge is 0.366 e. The molecule has 0 spiro atoms. The Balaban J connectivity index is 0.00000312. The van der Waals surface area contributed by atoms with Gasteiger partial charge in [-0.3, -0.25) is 9.59 Å². The summed E-state index contributed by atoms with van der Waals surface area (Å²) < 4.78 is 5.48. The van der Waals surface area contributed by atoms with Gasteiger partial charge in [-0.2, -0.15) is 0 Å². The van der Waals surface area contributed by atoms with E-state index < -0.39 is 6.10 Å². The molecular formula is C16H22Cl3N3O3. The van der Waals surface area contributed by atoms with Crippen LogP contribution in [0.3, 0.4) is 0 Å². The third kappa shape index (κ3) is 6.64. The fourth-order valence-corrected chi connectivity index (χ4v) is 2.76. The second kappa shape index (κ2) is 10.8. The van der Waals surface area contributed by atoms with Crippen LogP contribution in [0.1, 0.15) is 13.3 Å². The van der Waals surface area contributed by atoms with E-state index in [1.165, 1.54) is 4.90 Å². The molecule has 1 aromatic carbocycles. The van der Waals surface area contributed by atoms with Gasteiger partial charge < -0.3 is 20.3 Å². The van der Waals surface area contributed by atoms with Crippen molar-refractivity contribution in [2.24, 2.45) is 0 Å². The van der Waals surface area contributed by atoms with E-state index in [1.807, 2.05) is 6.92 Å². The van der Waals surface area contributed by atoms with Crippen molar-refractivity contribution < 1.29 is 14.3 Å². The molecule has 1 atom stereocenters. The smallest absolute Gasteiger partial charge is 0.253 e. The average Bonchev–Trinajstić information content (AvgIpc) is 2.58. The maximum Gasteiger partial charge on any atom is 0.253 e. The second-order valence-corrected chi connectivity index (χ2v) is 6.34. The number of hydrogen-bond donors (Lipinski definition) is 2. The SMILES string of the molecule is CCCN(CC(=O)Nc1cc(Cl)ccc1Cl)C(=O)C1CNCCO1.Cl. The highest BCUT2D eigenvalue weighted by molar-refractivity contribution is 6.35. The van der Waals surface area contributed by atoms with Crippen LogP contribution < -0.4 is 10.6 Å². The monoisotopic (exact) mass is 409 g/mol. The first-order valence-electron chi connectivity index (χ1n) is 7.87. The van der Waals surface area contributed by atoms with Gasteiger partial charge in [-0.15, -0.1) is 12.4 Å². The van der Waals surface area contributed by atoms with Crippen LogP contribution in [-0.2, 0) is 14.3 Å². The summed E-state index contributed by atoms with van der Waals surface area (Å²) in [5.41, 5.74) is 0.425. The van der Waals surface area contributed by atoms with Crippen LogP contribution in [0.25, 0.3) is 0 Å². The van der Waals surface area contributed by atoms with Crippen molar-refractivity contribution in [3.8, 4) is 0 Å². The van der Waals surface area contributed by atoms with Gasteiger partial charge >= 0.3 is 0 Å². The first-order valence-corrected chi connectivity index (χ1v) is 8.63. The predicted octanol–water partition coefficient (Wildman–Crippen LogP) is 2.58. The van der Waals surface area contributed by atoms with Crippen LogP contribution in [0.5, 0.6) is 0 Å². The third-order valence-corrected chi connectivity index (χ3v) is 4.11. The number of amides is 2. The van der Waals surface area contributed by atoms with Gasteiger partial charge in [-0.25, -0.2) is 0 Å². The Morgan fingerprint density at radius 1 is 1.40 bits per heavy atom. The highest BCUT2D eigenvalue weighted by Crippen LogP contribution is 2.25. The normalized spacial score (nSPS) is 16.7. The molecule has 6 nitrogen and oxygen atoms in total. The van der Waals surface area contributed by atoms with Gasteiger partial charge in [0.25, 0.3) is 5.91 Å². The van der Waals surface area contributed by atoms with E-state index in [-0.39, 0.29) is 30.8 Å². The molecule has 2 amide bonds. The van der Waals surface area contributed by atoms with Crippen LogP contribution in [-0.4, -0.2) is 55.6 Å². The van der Waals surface area contributed by atoms with E-state index in [0.29, 0.717) is 35.4 Å². The highest BCUT2D eigenvalue weighted by atomic mass is 35.5. The molecular weight excluding hydrogens is 389 g/mol. The minimum Gasteiger partial charge on any atom is -0.366 e. The molecule has 140 valence electrons. The van der Waals surface area contributed by atoms with Gasteiger partial charge in [0.2, 0.25) is 5.91 Å². The molecule has 2 rings (SSSR count). The predicted molar refractivity (Wildman–Crippen MR) is 102 cm³/mol. The maximum atomic E-state index is 12.5. The molecule has 1 aliphatic heterocycles. The van der Waals surface area contributed by atoms with Crippen LogP contribution in [0.4, 0.5) is 5.69 Å². The first-order chi connectivity index (χ1) is 11.5. The Morgan fingerprint density at radius 3 is 2.80 bits per heavy atom. The number of morpholine rings is 1. The number of nitrogens with zero attached hydrogens (tertiary/aromatic N) is 1. The second-order valence-electron chi connectivity index (χ2n) is 5.50. The minimum atomic E-state index is -0.548. The molecule has 0 radical (unpaired) electrons. The molecule has 2 N–H and O–H groups in total. The molecule has 1 heterocycles. The topological polar surface area (TPSA) is 70.7 Å². The molecule has 25 heavy (non-hydrogen) atoms. The lowest BCUT2D eigenvalue weighted by Crippen LogP contribution is -2.51. The molecule has 9 heteroatoms. The number of carbonyl (C=O) groups is 2. The Kier molecular flexibility index (Phi) is 9.53. The van der Waals surface area contributed by atoms with E-state index >= 15 is 0 Å². The zero-order valence-corrected chi connectivity index (χ0v) is 16.2. The van der Waals surface area contributed by atoms with Gasteiger partial charge in [0.05, 0.1) is 23.9 Å². The Hall–Kier alpha value is -1.05. The van der Waals surface area contributed by atoms with Gasteiger partial charge in [0, 0.05) is 24.7 Å². The van der Waals surface area contributed by atoms with Gasteiger partial charge in [-0.05, 0) is 24.6 Å². The van der Waals surface area contributed by atoms with Crippen molar-refractivity contribution in [3.63, 3.8) is 0 Å². The van der Waals surface area contributed by atoms with Gasteiger partial charge in [0.1, 0.15) is 6.10 Å². The Bertz CT molecular complexity index is 595. The average molecular weight is 411 g/mol. The zero-order chi connectivity index (χ0) is 17.5. The van der Waals surface area contributed by atoms with E-state index in [9.17, 15) is 9.59 Å². The van der Waals surface area contributed by atoms with Crippen molar-refractivity contribution in [3.05, 3.63) is 28.2 Å². The summed E-state index contributed by atoms with van der Waals surface area (Å²) in [5, 5.41) is 6.67. The van der Waals surface area contributed by atoms with Crippen molar-refractivity contribution in [1.29, 1.82) is 0 Å². The summed E-state index contributed by atoms with van der Waals surface area (Å²) in [7, 11) is 0. The zero-order valence-electron chi connectivity index (χ0n) is 13.9. The summed E-state index contributed by atoms with van der Waals surface area (Å²) >= 11 is 11.9. The lowest BCUT2D eigenvalue weighted by atomic mass is 10.2. The number of halogens is 3. The van der Waals surface area contributed by atoms with Crippen LogP contribution in [0.2, 0.25) is 10.0 Å². The molecule has 0 saturated carbocycles. The third-order valence-electron chi connectivity index (χ3n) is 3.55. The molecule has 1 aliphatic rings. The Labute approximate surface area is 163 Å². The number of anilines is 1. The summed E-state index contributed by atoms with van der Waals surface area (Å²) in [6.07, 6.45) is 0.199. The number of ether oxygens (including phenoxy) is 1. The molecule has 0 bridgehead atoms. The summed E-state index contributed by atoms with van der Waals surface area (Å²) in [4.78, 5) is 26.3. The fourth-order valence-electron chi connectivity index (χ4n) is 2.42. The van der Waals surface area contributed by atoms with Crippen molar-refractivity contribution in [1.82, 2.24) is 10.2 Å². The standard InChI is InChI=1S/C16H21Cl2N3O3.ClH/c1-2-6-21(16(23)14-9-19-5-7-24-14)10-15(22)20-13-8-11(17)3-4-12(13)18;/h3-4,8,14,19H,2,5-7,9-10H2,1H3,(H,20,22);1H. The molecule has 1 aromatic rings. The lowest BCUT2D eigenvalue weighted by Gasteiger charge is -2.29. The summed E-state index contributed by atoms with van der Waals surface area (Å²) in [5.74, 6) is -0.513. The Morgan fingerprint density at radius 2 is 2.16 bits per heavy atom. The lowest BCUT2D eigenvalue weighted by molar-refractivity contribution is -0.147. The van der Waals surface area contributed by atoms with E-state index in [4.69, 9.17) is 27.9 Å². The number of rotatable bonds is 6. The van der Waals surface area contributed by atoms with Crippen molar-refractivity contribution in [2.45, 2.75) is 19.4 Å². The maximum absolute atomic E-state index is 12.5. The van der Waals surface area contributed by atoms with Crippen LogP contribution in [0, 0.1) is 0 Å². The van der Waals surface area contributed by atoms with Crippen LogP contribution in [0.15, 0.2) is 18.2 Å². The van der Waals surface area contributed by atoms with Crippen LogP contribution >= 0.6 is 35.6 Å². The number of nitrogens with one attached hydrogen (secondary N) is 2. The van der Waals surface area contributed by atoms with E-state index in [0.717, 1.165) is 13.0 Å². The summed E-state index contributed by atoms with van der Waals surface area (Å²) in [6.45, 7) is 4.05. The van der Waals surface area contributed by atoms with Crippen molar-refractivity contribution >= 4 is 53.1 Å². The molecule has 1 unspecified atom stereocenters. The number of hydrogen-bond acceptors (Lipinski definition) is 4.